The van der Waals surface area contributed by atoms with Crippen LogP contribution in [0, 0.1) is 11.8 Å². The second kappa shape index (κ2) is 15.2. The number of hydrogen-bond donors (Lipinski definition) is 1. The minimum absolute atomic E-state index is 0.0606. The summed E-state index contributed by atoms with van der Waals surface area (Å²) in [6.07, 6.45) is 3.91. The summed E-state index contributed by atoms with van der Waals surface area (Å²) in [4.78, 5) is 16.7. The number of benzene rings is 3. The van der Waals surface area contributed by atoms with Crippen molar-refractivity contribution in [2.24, 2.45) is 18.9 Å². The summed E-state index contributed by atoms with van der Waals surface area (Å²) >= 11 is 12.5. The maximum Gasteiger partial charge on any atom is 0.282 e. The monoisotopic (exact) mass is 764 g/mol. The lowest BCUT2D eigenvalue weighted by atomic mass is 9.85. The highest BCUT2D eigenvalue weighted by molar-refractivity contribution is 6.31. The maximum absolute atomic E-state index is 13.2. The van der Waals surface area contributed by atoms with Crippen molar-refractivity contribution in [2.75, 3.05) is 11.9 Å². The summed E-state index contributed by atoms with van der Waals surface area (Å²) in [5.74, 6) is 1.88. The van der Waals surface area contributed by atoms with Crippen LogP contribution in [0.5, 0.6) is 11.5 Å². The van der Waals surface area contributed by atoms with Gasteiger partial charge in [-0.05, 0) is 103 Å². The van der Waals surface area contributed by atoms with Crippen LogP contribution in [0.1, 0.15) is 84.6 Å². The van der Waals surface area contributed by atoms with Crippen molar-refractivity contribution in [2.45, 2.75) is 70.3 Å². The molecule has 5 aromatic rings. The number of aromatic nitrogens is 5. The van der Waals surface area contributed by atoms with Crippen molar-refractivity contribution in [3.63, 3.8) is 0 Å². The molecule has 8 rings (SSSR count). The number of ether oxygens (including phenoxy) is 3. The number of nitrogens with one attached hydrogen (secondary N) is 1. The van der Waals surface area contributed by atoms with Crippen LogP contribution in [0.2, 0.25) is 10.0 Å². The fourth-order valence-electron chi connectivity index (χ4n) is 8.10. The third-order valence-corrected chi connectivity index (χ3v) is 10.7. The maximum atomic E-state index is 13.2. The Morgan fingerprint density at radius 1 is 1.08 bits per heavy atom. The van der Waals surface area contributed by atoms with Gasteiger partial charge in [-0.2, -0.15) is 10.2 Å². The summed E-state index contributed by atoms with van der Waals surface area (Å²) in [7, 11) is 1.54. The van der Waals surface area contributed by atoms with Crippen molar-refractivity contribution >= 4 is 34.8 Å². The van der Waals surface area contributed by atoms with Crippen LogP contribution in [0.3, 0.4) is 0 Å². The zero-order chi connectivity index (χ0) is 37.4. The van der Waals surface area contributed by atoms with Crippen molar-refractivity contribution in [1.29, 1.82) is 0 Å². The molecule has 0 spiro atoms. The fraction of sp³-hybridized carbons (Fsp3) is 0.385. The van der Waals surface area contributed by atoms with Crippen LogP contribution < -0.4 is 10.1 Å². The van der Waals surface area contributed by atoms with Crippen molar-refractivity contribution < 1.29 is 27.8 Å². The summed E-state index contributed by atoms with van der Waals surface area (Å²) in [6, 6.07) is 18.5. The molecule has 278 valence electrons. The average Bonchev–Trinajstić information content (AvgIpc) is 3.96. The first kappa shape index (κ1) is 37.0. The Bertz CT molecular complexity index is 2080. The highest BCUT2D eigenvalue weighted by Gasteiger charge is 2.48. The van der Waals surface area contributed by atoms with Gasteiger partial charge in [0.05, 0.1) is 23.3 Å². The van der Waals surface area contributed by atoms with E-state index in [1.807, 2.05) is 31.2 Å². The molecule has 1 N–H and O–H groups in total. The van der Waals surface area contributed by atoms with E-state index in [4.69, 9.17) is 37.4 Å². The normalized spacial score (nSPS) is 22.9. The fourth-order valence-corrected chi connectivity index (χ4v) is 8.54. The van der Waals surface area contributed by atoms with Crippen molar-refractivity contribution in [3.8, 4) is 11.5 Å². The standard InChI is InChI=1S/C20H23F2N3O.C19H17Cl2N3O3/c1-10(2)16-12-7-8-13(16)17-11(12)5-4-6-15(17)23-20(26)14-9-25(3)24-18(14)19(21)22;1-13-9-25-19(27-13,10-24-12-22-11-23-24)17-7-6-16(8-18(17)21)26-15-4-2-14(20)3-5-15/h4-6,9-10,12-13,16,19H,7-8H2,1-3H3,(H,23,26);2-8,11-13H,9-10H2,1H3/t12-,13-,16?;/m0./s1. The van der Waals surface area contributed by atoms with Crippen LogP contribution in [0.25, 0.3) is 0 Å². The molecule has 1 amide bonds. The highest BCUT2D eigenvalue weighted by atomic mass is 35.5. The molecule has 53 heavy (non-hydrogen) atoms. The SMILES string of the molecule is CC(C)C1[C@@H]2CC[C@H]1c1cccc(NC(=O)c3cn(C)nc3C(F)F)c12.CC1COC(Cn2cncn2)(c2ccc(Oc3ccc(Cl)cc3)cc2Cl)O1. The summed E-state index contributed by atoms with van der Waals surface area (Å²) < 4.78 is 47.2. The lowest BCUT2D eigenvalue weighted by molar-refractivity contribution is -0.186. The third-order valence-electron chi connectivity index (χ3n) is 10.1. The third kappa shape index (κ3) is 7.55. The van der Waals surface area contributed by atoms with Crippen LogP contribution >= 0.6 is 23.2 Å². The van der Waals surface area contributed by atoms with Gasteiger partial charge in [-0.15, -0.1) is 0 Å². The van der Waals surface area contributed by atoms with E-state index in [1.54, 1.807) is 41.3 Å². The zero-order valence-electron chi connectivity index (χ0n) is 29.7. The van der Waals surface area contributed by atoms with Crippen LogP contribution in [-0.2, 0) is 28.9 Å². The number of aryl methyl sites for hydroxylation is 1. The van der Waals surface area contributed by atoms with E-state index in [0.717, 1.165) is 12.1 Å². The van der Waals surface area contributed by atoms with E-state index >= 15 is 0 Å². The topological polar surface area (TPSA) is 105 Å². The molecule has 3 aromatic carbocycles. The van der Waals surface area contributed by atoms with Crippen LogP contribution in [0.15, 0.2) is 79.5 Å². The van der Waals surface area contributed by atoms with Gasteiger partial charge in [0.15, 0.2) is 0 Å². The largest absolute Gasteiger partial charge is 0.457 e. The molecule has 1 saturated carbocycles. The molecule has 3 unspecified atom stereocenters. The van der Waals surface area contributed by atoms with E-state index in [-0.39, 0.29) is 11.7 Å². The molecule has 2 fully saturated rings. The Hall–Kier alpha value is -4.36. The Kier molecular flexibility index (Phi) is 10.6. The van der Waals surface area contributed by atoms with Gasteiger partial charge >= 0.3 is 0 Å². The molecule has 3 aliphatic rings. The Morgan fingerprint density at radius 2 is 1.83 bits per heavy atom. The Labute approximate surface area is 316 Å². The zero-order valence-corrected chi connectivity index (χ0v) is 31.2. The lowest BCUT2D eigenvalue weighted by Crippen LogP contribution is -2.34. The number of carbonyl (C=O) groups excluding carboxylic acids is 1. The van der Waals surface area contributed by atoms with Gasteiger partial charge in [-0.1, -0.05) is 49.2 Å². The van der Waals surface area contributed by atoms with Gasteiger partial charge in [0, 0.05) is 29.5 Å². The molecule has 3 heterocycles. The number of hydrogen-bond acceptors (Lipinski definition) is 7. The first-order valence-electron chi connectivity index (χ1n) is 17.6. The van der Waals surface area contributed by atoms with Crippen LogP contribution in [0.4, 0.5) is 14.5 Å². The predicted molar refractivity (Wildman–Crippen MR) is 197 cm³/mol. The lowest BCUT2D eigenvalue weighted by Gasteiger charge is -2.29. The summed E-state index contributed by atoms with van der Waals surface area (Å²) in [5.41, 5.74) is 3.46. The van der Waals surface area contributed by atoms with Gasteiger partial charge < -0.3 is 19.5 Å². The summed E-state index contributed by atoms with van der Waals surface area (Å²) in [6.45, 7) is 7.27. The number of halogens is 4. The van der Waals surface area contributed by atoms with Gasteiger partial charge in [0.2, 0.25) is 5.79 Å². The smallest absolute Gasteiger partial charge is 0.282 e. The summed E-state index contributed by atoms with van der Waals surface area (Å²) in [5, 5.41) is 11.9. The number of carbonyl (C=O) groups is 1. The van der Waals surface area contributed by atoms with Crippen molar-refractivity contribution in [3.05, 3.63) is 118 Å². The second-order valence-corrected chi connectivity index (χ2v) is 14.9. The molecule has 2 bridgehead atoms. The molecule has 14 heteroatoms. The van der Waals surface area contributed by atoms with Gasteiger partial charge in [-0.25, -0.2) is 18.4 Å². The van der Waals surface area contributed by atoms with E-state index in [9.17, 15) is 13.6 Å². The van der Waals surface area contributed by atoms with E-state index < -0.39 is 23.8 Å². The Balaban J connectivity index is 0.000000164. The first-order valence-corrected chi connectivity index (χ1v) is 18.3. The number of fused-ring (bicyclic) bond motifs is 5. The number of alkyl halides is 2. The van der Waals surface area contributed by atoms with E-state index in [2.05, 4.69) is 40.4 Å². The number of amides is 1. The number of rotatable bonds is 9. The molecule has 5 atom stereocenters. The second-order valence-electron chi connectivity index (χ2n) is 14.1. The van der Waals surface area contributed by atoms with Gasteiger partial charge in [0.25, 0.3) is 12.3 Å². The average molecular weight is 766 g/mol. The quantitative estimate of drug-likeness (QED) is 0.159. The molecular formula is C39H40Cl2F2N6O4. The highest BCUT2D eigenvalue weighted by Crippen LogP contribution is 2.61. The number of nitrogens with zero attached hydrogens (tertiary/aromatic N) is 5. The molecule has 1 aliphatic heterocycles. The van der Waals surface area contributed by atoms with Crippen LogP contribution in [-0.4, -0.2) is 43.2 Å². The van der Waals surface area contributed by atoms with Crippen molar-refractivity contribution in [1.82, 2.24) is 24.5 Å². The predicted octanol–water partition coefficient (Wildman–Crippen LogP) is 9.52. The molecule has 2 aliphatic carbocycles. The Morgan fingerprint density at radius 3 is 2.49 bits per heavy atom. The molecular weight excluding hydrogens is 725 g/mol. The van der Waals surface area contributed by atoms with Gasteiger partial charge in [0.1, 0.15) is 36.4 Å². The van der Waals surface area contributed by atoms with E-state index in [1.165, 1.54) is 41.8 Å². The molecule has 2 aromatic heterocycles. The molecule has 10 nitrogen and oxygen atoms in total. The molecule has 1 saturated heterocycles. The minimum atomic E-state index is -2.78. The van der Waals surface area contributed by atoms with Gasteiger partial charge in [-0.3, -0.25) is 9.48 Å². The number of anilines is 1. The first-order chi connectivity index (χ1) is 25.4. The van der Waals surface area contributed by atoms with E-state index in [0.29, 0.717) is 63.9 Å². The molecule has 0 radical (unpaired) electrons. The minimum Gasteiger partial charge on any atom is -0.457 e.